The molecule has 0 radical (unpaired) electrons. The van der Waals surface area contributed by atoms with Gasteiger partial charge < -0.3 is 21.1 Å². The number of hydrogen-bond acceptors (Lipinski definition) is 3. The van der Waals surface area contributed by atoms with Crippen molar-refractivity contribution in [3.8, 4) is 5.75 Å². The fourth-order valence-electron chi connectivity index (χ4n) is 1.60. The molecule has 6 heteroatoms. The summed E-state index contributed by atoms with van der Waals surface area (Å²) in [4.78, 5) is 11.8. The van der Waals surface area contributed by atoms with E-state index in [1.165, 1.54) is 25.3 Å². The van der Waals surface area contributed by atoms with Gasteiger partial charge in [0.15, 0.2) is 11.6 Å². The van der Waals surface area contributed by atoms with E-state index in [1.807, 2.05) is 0 Å². The molecule has 0 aliphatic carbocycles. The second kappa shape index (κ2) is 5.92. The Hall–Kier alpha value is -2.76. The van der Waals surface area contributed by atoms with Crippen molar-refractivity contribution in [3.63, 3.8) is 0 Å². The van der Waals surface area contributed by atoms with Crippen LogP contribution in [0.25, 0.3) is 0 Å². The SMILES string of the molecule is COc1cc(NC(=O)Nc2ccc(N)cc2)ccc1F. The molecule has 0 saturated carbocycles. The molecule has 0 aliphatic heterocycles. The molecule has 0 heterocycles. The van der Waals surface area contributed by atoms with Crippen molar-refractivity contribution in [2.45, 2.75) is 0 Å². The van der Waals surface area contributed by atoms with Crippen LogP contribution in [-0.4, -0.2) is 13.1 Å². The third-order valence-electron chi connectivity index (χ3n) is 2.58. The Bertz CT molecular complexity index is 614. The molecule has 0 saturated heterocycles. The fraction of sp³-hybridized carbons (Fsp3) is 0.0714. The largest absolute Gasteiger partial charge is 0.494 e. The Morgan fingerprint density at radius 3 is 2.35 bits per heavy atom. The zero-order chi connectivity index (χ0) is 14.5. The van der Waals surface area contributed by atoms with Crippen molar-refractivity contribution in [3.05, 3.63) is 48.3 Å². The Morgan fingerprint density at radius 1 is 1.10 bits per heavy atom. The number of halogens is 1. The lowest BCUT2D eigenvalue weighted by atomic mass is 10.3. The first-order chi connectivity index (χ1) is 9.58. The highest BCUT2D eigenvalue weighted by molar-refractivity contribution is 5.99. The minimum atomic E-state index is -0.489. The van der Waals surface area contributed by atoms with Crippen molar-refractivity contribution in [2.24, 2.45) is 0 Å². The number of nitrogens with one attached hydrogen (secondary N) is 2. The minimum Gasteiger partial charge on any atom is -0.494 e. The molecule has 0 bridgehead atoms. The number of anilines is 3. The first kappa shape index (κ1) is 13.7. The van der Waals surface area contributed by atoms with Crippen LogP contribution in [0.4, 0.5) is 26.2 Å². The summed E-state index contributed by atoms with van der Waals surface area (Å²) in [6.45, 7) is 0. The maximum Gasteiger partial charge on any atom is 0.323 e. The van der Waals surface area contributed by atoms with Gasteiger partial charge in [0.05, 0.1) is 7.11 Å². The molecule has 0 aliphatic rings. The number of methoxy groups -OCH3 is 1. The van der Waals surface area contributed by atoms with Crippen LogP contribution in [-0.2, 0) is 0 Å². The zero-order valence-electron chi connectivity index (χ0n) is 10.8. The van der Waals surface area contributed by atoms with E-state index in [0.717, 1.165) is 0 Å². The molecule has 2 aromatic rings. The van der Waals surface area contributed by atoms with Gasteiger partial charge in [0.1, 0.15) is 0 Å². The summed E-state index contributed by atoms with van der Waals surface area (Å²) in [7, 11) is 1.36. The van der Waals surface area contributed by atoms with Gasteiger partial charge in [-0.25, -0.2) is 9.18 Å². The summed E-state index contributed by atoms with van der Waals surface area (Å²) < 4.78 is 18.1. The Morgan fingerprint density at radius 2 is 1.70 bits per heavy atom. The molecule has 0 fully saturated rings. The monoisotopic (exact) mass is 275 g/mol. The van der Waals surface area contributed by atoms with Crippen molar-refractivity contribution < 1.29 is 13.9 Å². The number of nitrogens with two attached hydrogens (primary N) is 1. The highest BCUT2D eigenvalue weighted by Crippen LogP contribution is 2.21. The second-order valence-corrected chi connectivity index (χ2v) is 4.05. The summed E-state index contributed by atoms with van der Waals surface area (Å²) >= 11 is 0. The number of nitrogen functional groups attached to an aromatic ring is 1. The molecular weight excluding hydrogens is 261 g/mol. The minimum absolute atomic E-state index is 0.0651. The zero-order valence-corrected chi connectivity index (χ0v) is 10.8. The molecular formula is C14H14FN3O2. The lowest BCUT2D eigenvalue weighted by Crippen LogP contribution is -2.19. The van der Waals surface area contributed by atoms with Gasteiger partial charge in [0, 0.05) is 23.1 Å². The first-order valence-electron chi connectivity index (χ1n) is 5.85. The number of carbonyl (C=O) groups excluding carboxylic acids is 1. The number of hydrogen-bond donors (Lipinski definition) is 3. The van der Waals surface area contributed by atoms with Gasteiger partial charge in [-0.2, -0.15) is 0 Å². The van der Waals surface area contributed by atoms with Gasteiger partial charge >= 0.3 is 6.03 Å². The van der Waals surface area contributed by atoms with Crippen LogP contribution in [0.1, 0.15) is 0 Å². The second-order valence-electron chi connectivity index (χ2n) is 4.05. The average molecular weight is 275 g/mol. The van der Waals surface area contributed by atoms with Gasteiger partial charge in [-0.3, -0.25) is 0 Å². The summed E-state index contributed by atoms with van der Waals surface area (Å²) in [5.41, 5.74) is 7.19. The summed E-state index contributed by atoms with van der Waals surface area (Å²) in [5, 5.41) is 5.21. The maximum atomic E-state index is 13.2. The molecule has 2 aromatic carbocycles. The van der Waals surface area contributed by atoms with Gasteiger partial charge in [-0.15, -0.1) is 0 Å². The van der Waals surface area contributed by atoms with E-state index in [9.17, 15) is 9.18 Å². The van der Waals surface area contributed by atoms with Crippen molar-refractivity contribution in [2.75, 3.05) is 23.5 Å². The topological polar surface area (TPSA) is 76.4 Å². The number of urea groups is 1. The first-order valence-corrected chi connectivity index (χ1v) is 5.85. The normalized spacial score (nSPS) is 9.90. The quantitative estimate of drug-likeness (QED) is 0.753. The van der Waals surface area contributed by atoms with E-state index in [1.54, 1.807) is 24.3 Å². The van der Waals surface area contributed by atoms with Crippen molar-refractivity contribution in [1.29, 1.82) is 0 Å². The summed E-state index contributed by atoms with van der Waals surface area (Å²) in [6.07, 6.45) is 0. The number of amides is 2. The predicted octanol–water partition coefficient (Wildman–Crippen LogP) is 3.06. The van der Waals surface area contributed by atoms with Crippen LogP contribution in [0.2, 0.25) is 0 Å². The van der Waals surface area contributed by atoms with Crippen LogP contribution >= 0.6 is 0 Å². The van der Waals surface area contributed by atoms with Crippen molar-refractivity contribution in [1.82, 2.24) is 0 Å². The number of carbonyl (C=O) groups is 1. The predicted molar refractivity (Wildman–Crippen MR) is 76.4 cm³/mol. The molecule has 5 nitrogen and oxygen atoms in total. The van der Waals surface area contributed by atoms with Gasteiger partial charge in [-0.05, 0) is 36.4 Å². The average Bonchev–Trinajstić information content (AvgIpc) is 2.43. The number of benzene rings is 2. The number of ether oxygens (including phenoxy) is 1. The molecule has 104 valence electrons. The number of rotatable bonds is 3. The maximum absolute atomic E-state index is 13.2. The highest BCUT2D eigenvalue weighted by Gasteiger charge is 2.06. The molecule has 0 unspecified atom stereocenters. The molecule has 4 N–H and O–H groups in total. The van der Waals surface area contributed by atoms with Crippen LogP contribution in [0.15, 0.2) is 42.5 Å². The van der Waals surface area contributed by atoms with E-state index in [0.29, 0.717) is 17.1 Å². The van der Waals surface area contributed by atoms with E-state index < -0.39 is 11.8 Å². The Balaban J connectivity index is 2.02. The lowest BCUT2D eigenvalue weighted by molar-refractivity contribution is 0.262. The lowest BCUT2D eigenvalue weighted by Gasteiger charge is -2.09. The fourth-order valence-corrected chi connectivity index (χ4v) is 1.60. The van der Waals surface area contributed by atoms with Crippen LogP contribution in [0.3, 0.4) is 0 Å². The third-order valence-corrected chi connectivity index (χ3v) is 2.58. The summed E-state index contributed by atoms with van der Waals surface area (Å²) in [6, 6.07) is 10.3. The molecule has 2 rings (SSSR count). The van der Waals surface area contributed by atoms with Gasteiger partial charge in [-0.1, -0.05) is 0 Å². The van der Waals surface area contributed by atoms with Crippen LogP contribution in [0, 0.1) is 5.82 Å². The van der Waals surface area contributed by atoms with E-state index >= 15 is 0 Å². The smallest absolute Gasteiger partial charge is 0.323 e. The standard InChI is InChI=1S/C14H14FN3O2/c1-20-13-8-11(6-7-12(13)15)18-14(19)17-10-4-2-9(16)3-5-10/h2-8H,16H2,1H3,(H2,17,18,19). The highest BCUT2D eigenvalue weighted by atomic mass is 19.1. The van der Waals surface area contributed by atoms with Gasteiger partial charge in [0.2, 0.25) is 0 Å². The Kier molecular flexibility index (Phi) is 4.05. The van der Waals surface area contributed by atoms with E-state index in [2.05, 4.69) is 10.6 Å². The molecule has 0 atom stereocenters. The molecule has 20 heavy (non-hydrogen) atoms. The summed E-state index contributed by atoms with van der Waals surface area (Å²) in [5.74, 6) is -0.424. The van der Waals surface area contributed by atoms with Crippen LogP contribution < -0.4 is 21.1 Å². The van der Waals surface area contributed by atoms with Gasteiger partial charge in [0.25, 0.3) is 0 Å². The van der Waals surface area contributed by atoms with Crippen molar-refractivity contribution >= 4 is 23.1 Å². The molecule has 0 spiro atoms. The third kappa shape index (κ3) is 3.38. The Labute approximate surface area is 115 Å². The van der Waals surface area contributed by atoms with Crippen LogP contribution in [0.5, 0.6) is 5.75 Å². The van der Waals surface area contributed by atoms with E-state index in [-0.39, 0.29) is 5.75 Å². The molecule has 0 aromatic heterocycles. The van der Waals surface area contributed by atoms with E-state index in [4.69, 9.17) is 10.5 Å². The molecule has 2 amide bonds.